The summed E-state index contributed by atoms with van der Waals surface area (Å²) >= 11 is 0. The van der Waals surface area contributed by atoms with Crippen molar-refractivity contribution in [2.45, 2.75) is 25.7 Å². The van der Waals surface area contributed by atoms with Crippen molar-refractivity contribution >= 4 is 5.97 Å². The fraction of sp³-hybridized carbons (Fsp3) is 0.667. The Morgan fingerprint density at radius 2 is 2.33 bits per heavy atom. The van der Waals surface area contributed by atoms with Crippen LogP contribution < -0.4 is 0 Å². The van der Waals surface area contributed by atoms with Gasteiger partial charge in [0.25, 0.3) is 0 Å². The fourth-order valence-corrected chi connectivity index (χ4v) is 1.16. The number of esters is 1. The number of rotatable bonds is 1. The normalized spacial score (nSPS) is 21.2. The summed E-state index contributed by atoms with van der Waals surface area (Å²) < 4.78 is 9.83. The standard InChI is InChI=1S/C9H14O3/c1-11-9(10)7-8-5-3-2-4-6-12-8/h7H,2-6H2,1H3/b8-7-. The zero-order valence-corrected chi connectivity index (χ0v) is 7.34. The Bertz CT molecular complexity index is 174. The Morgan fingerprint density at radius 1 is 1.50 bits per heavy atom. The molecule has 0 amide bonds. The number of hydrogen-bond donors (Lipinski definition) is 0. The highest BCUT2D eigenvalue weighted by Gasteiger charge is 2.06. The van der Waals surface area contributed by atoms with E-state index in [1.165, 1.54) is 19.6 Å². The predicted octanol–water partition coefficient (Wildman–Crippen LogP) is 1.63. The Hall–Kier alpha value is -0.990. The highest BCUT2D eigenvalue weighted by atomic mass is 16.5. The van der Waals surface area contributed by atoms with Crippen LogP contribution in [0, 0.1) is 0 Å². The summed E-state index contributed by atoms with van der Waals surface area (Å²) in [6.07, 6.45) is 5.65. The Morgan fingerprint density at radius 3 is 3.08 bits per heavy atom. The van der Waals surface area contributed by atoms with Gasteiger partial charge < -0.3 is 9.47 Å². The first-order chi connectivity index (χ1) is 5.83. The maximum absolute atomic E-state index is 10.8. The van der Waals surface area contributed by atoms with Gasteiger partial charge in [-0.2, -0.15) is 0 Å². The number of ether oxygens (including phenoxy) is 2. The van der Waals surface area contributed by atoms with Gasteiger partial charge in [-0.05, 0) is 19.3 Å². The SMILES string of the molecule is COC(=O)/C=C1/CCCCCO1. The molecule has 3 heteroatoms. The van der Waals surface area contributed by atoms with Crippen LogP contribution in [0.1, 0.15) is 25.7 Å². The van der Waals surface area contributed by atoms with E-state index in [9.17, 15) is 4.79 Å². The quantitative estimate of drug-likeness (QED) is 0.443. The van der Waals surface area contributed by atoms with Crippen molar-refractivity contribution in [1.82, 2.24) is 0 Å². The molecule has 1 heterocycles. The summed E-state index contributed by atoms with van der Waals surface area (Å²) in [7, 11) is 1.37. The molecule has 3 nitrogen and oxygen atoms in total. The number of carbonyl (C=O) groups excluding carboxylic acids is 1. The Kier molecular flexibility index (Phi) is 3.64. The van der Waals surface area contributed by atoms with Gasteiger partial charge in [-0.1, -0.05) is 0 Å². The van der Waals surface area contributed by atoms with Crippen LogP contribution in [0.15, 0.2) is 11.8 Å². The molecule has 1 aliphatic heterocycles. The van der Waals surface area contributed by atoms with Gasteiger partial charge in [0, 0.05) is 6.42 Å². The molecule has 0 N–H and O–H groups in total. The Balaban J connectivity index is 2.47. The van der Waals surface area contributed by atoms with E-state index in [0.29, 0.717) is 0 Å². The molecule has 1 aliphatic rings. The van der Waals surface area contributed by atoms with E-state index in [0.717, 1.165) is 31.6 Å². The largest absolute Gasteiger partial charge is 0.498 e. The van der Waals surface area contributed by atoms with Crippen LogP contribution in [-0.4, -0.2) is 19.7 Å². The van der Waals surface area contributed by atoms with E-state index in [1.54, 1.807) is 0 Å². The monoisotopic (exact) mass is 170 g/mol. The van der Waals surface area contributed by atoms with Gasteiger partial charge in [-0.15, -0.1) is 0 Å². The molecule has 0 aromatic carbocycles. The van der Waals surface area contributed by atoms with E-state index in [-0.39, 0.29) is 5.97 Å². The first kappa shape index (κ1) is 9.10. The highest BCUT2D eigenvalue weighted by Crippen LogP contribution is 2.15. The third kappa shape index (κ3) is 2.95. The third-order valence-corrected chi connectivity index (χ3v) is 1.83. The van der Waals surface area contributed by atoms with Crippen molar-refractivity contribution in [1.29, 1.82) is 0 Å². The average molecular weight is 170 g/mol. The second-order valence-electron chi connectivity index (χ2n) is 2.79. The first-order valence-corrected chi connectivity index (χ1v) is 4.24. The third-order valence-electron chi connectivity index (χ3n) is 1.83. The second kappa shape index (κ2) is 4.80. The van der Waals surface area contributed by atoms with Gasteiger partial charge in [0.15, 0.2) is 0 Å². The smallest absolute Gasteiger partial charge is 0.333 e. The van der Waals surface area contributed by atoms with E-state index >= 15 is 0 Å². The zero-order valence-electron chi connectivity index (χ0n) is 7.34. The Labute approximate surface area is 72.4 Å². The van der Waals surface area contributed by atoms with Gasteiger partial charge in [-0.3, -0.25) is 0 Å². The lowest BCUT2D eigenvalue weighted by Crippen LogP contribution is -1.99. The summed E-state index contributed by atoms with van der Waals surface area (Å²) in [6.45, 7) is 0.725. The van der Waals surface area contributed by atoms with Crippen LogP contribution in [0.5, 0.6) is 0 Å². The molecule has 1 rings (SSSR count). The van der Waals surface area contributed by atoms with Crippen LogP contribution in [0.2, 0.25) is 0 Å². The molecule has 0 saturated carbocycles. The van der Waals surface area contributed by atoms with E-state index < -0.39 is 0 Å². The lowest BCUT2D eigenvalue weighted by molar-refractivity contribution is -0.135. The number of hydrogen-bond acceptors (Lipinski definition) is 3. The molecule has 0 aromatic rings. The summed E-state index contributed by atoms with van der Waals surface area (Å²) in [6, 6.07) is 0. The first-order valence-electron chi connectivity index (χ1n) is 4.24. The summed E-state index contributed by atoms with van der Waals surface area (Å²) in [5, 5.41) is 0. The number of carbonyl (C=O) groups is 1. The topological polar surface area (TPSA) is 35.5 Å². The fourth-order valence-electron chi connectivity index (χ4n) is 1.16. The maximum Gasteiger partial charge on any atom is 0.333 e. The molecule has 12 heavy (non-hydrogen) atoms. The van der Waals surface area contributed by atoms with Gasteiger partial charge in [0.05, 0.1) is 19.8 Å². The molecule has 0 spiro atoms. The molecule has 68 valence electrons. The minimum Gasteiger partial charge on any atom is -0.498 e. The van der Waals surface area contributed by atoms with Crippen molar-refractivity contribution in [3.8, 4) is 0 Å². The summed E-state index contributed by atoms with van der Waals surface area (Å²) in [5.41, 5.74) is 0. The second-order valence-corrected chi connectivity index (χ2v) is 2.79. The molecule has 0 atom stereocenters. The van der Waals surface area contributed by atoms with Gasteiger partial charge >= 0.3 is 5.97 Å². The average Bonchev–Trinajstić information content (AvgIpc) is 2.33. The van der Waals surface area contributed by atoms with Crippen molar-refractivity contribution in [2.75, 3.05) is 13.7 Å². The van der Waals surface area contributed by atoms with Crippen LogP contribution in [-0.2, 0) is 14.3 Å². The molecular weight excluding hydrogens is 156 g/mol. The van der Waals surface area contributed by atoms with E-state index in [2.05, 4.69) is 4.74 Å². The lowest BCUT2D eigenvalue weighted by Gasteiger charge is -2.03. The van der Waals surface area contributed by atoms with E-state index in [4.69, 9.17) is 4.74 Å². The minimum atomic E-state index is -0.327. The highest BCUT2D eigenvalue weighted by molar-refractivity contribution is 5.82. The summed E-state index contributed by atoms with van der Waals surface area (Å²) in [5.74, 6) is 0.436. The van der Waals surface area contributed by atoms with Crippen molar-refractivity contribution in [3.63, 3.8) is 0 Å². The molecule has 0 bridgehead atoms. The van der Waals surface area contributed by atoms with Crippen LogP contribution in [0.3, 0.4) is 0 Å². The molecule has 0 radical (unpaired) electrons. The van der Waals surface area contributed by atoms with E-state index in [1.807, 2.05) is 0 Å². The van der Waals surface area contributed by atoms with Crippen LogP contribution >= 0.6 is 0 Å². The minimum absolute atomic E-state index is 0.327. The van der Waals surface area contributed by atoms with Crippen molar-refractivity contribution < 1.29 is 14.3 Å². The molecular formula is C9H14O3. The number of methoxy groups -OCH3 is 1. The van der Waals surface area contributed by atoms with Gasteiger partial charge in [0.2, 0.25) is 0 Å². The molecule has 0 aliphatic carbocycles. The number of allylic oxidation sites excluding steroid dienone is 1. The predicted molar refractivity (Wildman–Crippen MR) is 44.5 cm³/mol. The molecule has 1 saturated heterocycles. The molecule has 0 aromatic heterocycles. The lowest BCUT2D eigenvalue weighted by atomic mass is 10.2. The van der Waals surface area contributed by atoms with Crippen LogP contribution in [0.4, 0.5) is 0 Å². The zero-order chi connectivity index (χ0) is 8.81. The molecule has 0 unspecified atom stereocenters. The molecule has 1 fully saturated rings. The van der Waals surface area contributed by atoms with Crippen molar-refractivity contribution in [3.05, 3.63) is 11.8 Å². The summed E-state index contributed by atoms with van der Waals surface area (Å²) in [4.78, 5) is 10.8. The van der Waals surface area contributed by atoms with Crippen molar-refractivity contribution in [2.24, 2.45) is 0 Å². The van der Waals surface area contributed by atoms with Crippen LogP contribution in [0.25, 0.3) is 0 Å². The maximum atomic E-state index is 10.8. The van der Waals surface area contributed by atoms with Gasteiger partial charge in [-0.25, -0.2) is 4.79 Å². The van der Waals surface area contributed by atoms with Gasteiger partial charge in [0.1, 0.15) is 5.76 Å².